The Kier molecular flexibility index (Phi) is 5.32. The van der Waals surface area contributed by atoms with Gasteiger partial charge in [-0.2, -0.15) is 0 Å². The van der Waals surface area contributed by atoms with Crippen molar-refractivity contribution in [3.63, 3.8) is 0 Å². The number of nitrogens with one attached hydrogen (secondary N) is 1. The monoisotopic (exact) mass is 285 g/mol. The lowest BCUT2D eigenvalue weighted by atomic mass is 10.2. The molecule has 0 fully saturated rings. The van der Waals surface area contributed by atoms with E-state index in [1.807, 2.05) is 24.3 Å². The van der Waals surface area contributed by atoms with Crippen molar-refractivity contribution in [2.75, 3.05) is 17.3 Å². The van der Waals surface area contributed by atoms with Crippen molar-refractivity contribution < 1.29 is 9.53 Å². The Bertz CT molecular complexity index is 337. The number of ether oxygens (including phenoxy) is 1. The van der Waals surface area contributed by atoms with Crippen molar-refractivity contribution >= 4 is 27.5 Å². The van der Waals surface area contributed by atoms with Crippen LogP contribution in [0.4, 0.5) is 5.69 Å². The van der Waals surface area contributed by atoms with E-state index < -0.39 is 0 Å². The highest BCUT2D eigenvalue weighted by Crippen LogP contribution is 2.16. The third-order valence-electron chi connectivity index (χ3n) is 1.97. The standard InChI is InChI=1S/C12H16BrNO2/c1-9(7-13)8-16-12-5-3-11(4-6-12)14-10(2)15/h3-6,9H,7-8H2,1-2H3,(H,14,15). The van der Waals surface area contributed by atoms with Crippen LogP contribution in [0.2, 0.25) is 0 Å². The maximum atomic E-state index is 10.8. The molecule has 1 N–H and O–H groups in total. The SMILES string of the molecule is CC(=O)Nc1ccc(OCC(C)CBr)cc1. The van der Waals surface area contributed by atoms with Crippen molar-refractivity contribution in [3.8, 4) is 5.75 Å². The van der Waals surface area contributed by atoms with Gasteiger partial charge in [0.15, 0.2) is 0 Å². The van der Waals surface area contributed by atoms with Crippen LogP contribution in [-0.4, -0.2) is 17.8 Å². The van der Waals surface area contributed by atoms with Crippen LogP contribution >= 0.6 is 15.9 Å². The number of carbonyl (C=O) groups is 1. The highest BCUT2D eigenvalue weighted by molar-refractivity contribution is 9.09. The molecule has 0 radical (unpaired) electrons. The minimum atomic E-state index is -0.0680. The van der Waals surface area contributed by atoms with Crippen LogP contribution in [0.25, 0.3) is 0 Å². The molecule has 16 heavy (non-hydrogen) atoms. The first-order valence-electron chi connectivity index (χ1n) is 5.18. The van der Waals surface area contributed by atoms with E-state index in [1.165, 1.54) is 6.92 Å². The molecular formula is C12H16BrNO2. The number of amides is 1. The predicted octanol–water partition coefficient (Wildman–Crippen LogP) is 3.05. The zero-order valence-corrected chi connectivity index (χ0v) is 11.1. The van der Waals surface area contributed by atoms with E-state index in [2.05, 4.69) is 28.2 Å². The zero-order chi connectivity index (χ0) is 12.0. The Morgan fingerprint density at radius 2 is 2.06 bits per heavy atom. The second-order valence-corrected chi connectivity index (χ2v) is 4.42. The van der Waals surface area contributed by atoms with E-state index in [9.17, 15) is 4.79 Å². The summed E-state index contributed by atoms with van der Waals surface area (Å²) in [6, 6.07) is 7.36. The third kappa shape index (κ3) is 4.66. The summed E-state index contributed by atoms with van der Waals surface area (Å²) in [6.45, 7) is 4.28. The van der Waals surface area contributed by atoms with Crippen molar-refractivity contribution in [1.82, 2.24) is 0 Å². The van der Waals surface area contributed by atoms with Crippen LogP contribution in [0.1, 0.15) is 13.8 Å². The van der Waals surface area contributed by atoms with E-state index in [0.29, 0.717) is 12.5 Å². The highest BCUT2D eigenvalue weighted by Gasteiger charge is 2.01. The van der Waals surface area contributed by atoms with Crippen molar-refractivity contribution in [2.24, 2.45) is 5.92 Å². The Morgan fingerprint density at radius 3 is 2.56 bits per heavy atom. The molecule has 1 aromatic rings. The van der Waals surface area contributed by atoms with Gasteiger partial charge < -0.3 is 10.1 Å². The summed E-state index contributed by atoms with van der Waals surface area (Å²) < 4.78 is 5.58. The molecule has 0 bridgehead atoms. The van der Waals surface area contributed by atoms with Gasteiger partial charge in [-0.15, -0.1) is 0 Å². The van der Waals surface area contributed by atoms with Gasteiger partial charge in [0, 0.05) is 17.9 Å². The fourth-order valence-corrected chi connectivity index (χ4v) is 1.31. The van der Waals surface area contributed by atoms with Gasteiger partial charge in [0.2, 0.25) is 5.91 Å². The number of anilines is 1. The minimum Gasteiger partial charge on any atom is -0.493 e. The topological polar surface area (TPSA) is 38.3 Å². The maximum absolute atomic E-state index is 10.8. The van der Waals surface area contributed by atoms with Gasteiger partial charge in [-0.05, 0) is 30.2 Å². The van der Waals surface area contributed by atoms with Crippen molar-refractivity contribution in [3.05, 3.63) is 24.3 Å². The lowest BCUT2D eigenvalue weighted by molar-refractivity contribution is -0.114. The average molecular weight is 286 g/mol. The largest absolute Gasteiger partial charge is 0.493 e. The van der Waals surface area contributed by atoms with Crippen molar-refractivity contribution in [1.29, 1.82) is 0 Å². The molecule has 4 heteroatoms. The first-order chi connectivity index (χ1) is 7.61. The molecule has 0 aliphatic rings. The first-order valence-corrected chi connectivity index (χ1v) is 6.30. The van der Waals surface area contributed by atoms with Gasteiger partial charge in [-0.1, -0.05) is 22.9 Å². The lowest BCUT2D eigenvalue weighted by Gasteiger charge is -2.10. The van der Waals surface area contributed by atoms with Gasteiger partial charge in [0.25, 0.3) is 0 Å². The molecule has 0 heterocycles. The van der Waals surface area contributed by atoms with Crippen LogP contribution in [0, 0.1) is 5.92 Å². The van der Waals surface area contributed by atoms with Gasteiger partial charge in [-0.25, -0.2) is 0 Å². The molecule has 3 nitrogen and oxygen atoms in total. The predicted molar refractivity (Wildman–Crippen MR) is 69.2 cm³/mol. The van der Waals surface area contributed by atoms with E-state index in [1.54, 1.807) is 0 Å². The molecule has 0 saturated carbocycles. The molecule has 0 aliphatic carbocycles. The Balaban J connectivity index is 2.48. The van der Waals surface area contributed by atoms with Crippen LogP contribution < -0.4 is 10.1 Å². The smallest absolute Gasteiger partial charge is 0.221 e. The highest BCUT2D eigenvalue weighted by atomic mass is 79.9. The number of halogens is 1. The summed E-state index contributed by atoms with van der Waals surface area (Å²) >= 11 is 3.40. The summed E-state index contributed by atoms with van der Waals surface area (Å²) in [5, 5.41) is 3.63. The van der Waals surface area contributed by atoms with E-state index in [4.69, 9.17) is 4.74 Å². The molecule has 0 spiro atoms. The second-order valence-electron chi connectivity index (χ2n) is 3.78. The number of carbonyl (C=O) groups excluding carboxylic acids is 1. The molecular weight excluding hydrogens is 270 g/mol. The Morgan fingerprint density at radius 1 is 1.44 bits per heavy atom. The van der Waals surface area contributed by atoms with Crippen LogP contribution in [0.15, 0.2) is 24.3 Å². The summed E-state index contributed by atoms with van der Waals surface area (Å²) in [7, 11) is 0. The summed E-state index contributed by atoms with van der Waals surface area (Å²) in [6.07, 6.45) is 0. The quantitative estimate of drug-likeness (QED) is 0.845. The number of benzene rings is 1. The van der Waals surface area contributed by atoms with Gasteiger partial charge in [-0.3, -0.25) is 4.79 Å². The number of alkyl halides is 1. The van der Waals surface area contributed by atoms with Gasteiger partial charge >= 0.3 is 0 Å². The van der Waals surface area contributed by atoms with Gasteiger partial charge in [0.05, 0.1) is 6.61 Å². The van der Waals surface area contributed by atoms with Crippen LogP contribution in [-0.2, 0) is 4.79 Å². The molecule has 0 aromatic heterocycles. The van der Waals surface area contributed by atoms with Crippen molar-refractivity contribution in [2.45, 2.75) is 13.8 Å². The summed E-state index contributed by atoms with van der Waals surface area (Å²) in [5.74, 6) is 1.23. The number of rotatable bonds is 5. The van der Waals surface area contributed by atoms with Crippen LogP contribution in [0.3, 0.4) is 0 Å². The zero-order valence-electron chi connectivity index (χ0n) is 9.50. The average Bonchev–Trinajstić information content (AvgIpc) is 2.27. The van der Waals surface area contributed by atoms with E-state index in [0.717, 1.165) is 16.8 Å². The Labute approximate surface area is 104 Å². The minimum absolute atomic E-state index is 0.0680. The maximum Gasteiger partial charge on any atom is 0.221 e. The van der Waals surface area contributed by atoms with Crippen LogP contribution in [0.5, 0.6) is 5.75 Å². The molecule has 1 amide bonds. The Hall–Kier alpha value is -1.03. The molecule has 0 saturated heterocycles. The second kappa shape index (κ2) is 6.53. The molecule has 0 aliphatic heterocycles. The first kappa shape index (κ1) is 13.0. The summed E-state index contributed by atoms with van der Waals surface area (Å²) in [4.78, 5) is 10.8. The molecule has 1 unspecified atom stereocenters. The number of hydrogen-bond acceptors (Lipinski definition) is 2. The molecule has 1 atom stereocenters. The molecule has 1 aromatic carbocycles. The lowest BCUT2D eigenvalue weighted by Crippen LogP contribution is -2.09. The molecule has 88 valence electrons. The van der Waals surface area contributed by atoms with Gasteiger partial charge in [0.1, 0.15) is 5.75 Å². The number of hydrogen-bond donors (Lipinski definition) is 1. The summed E-state index contributed by atoms with van der Waals surface area (Å²) in [5.41, 5.74) is 0.786. The normalized spacial score (nSPS) is 11.9. The third-order valence-corrected chi connectivity index (χ3v) is 3.08. The van der Waals surface area contributed by atoms with E-state index >= 15 is 0 Å². The fourth-order valence-electron chi connectivity index (χ4n) is 1.12. The fraction of sp³-hybridized carbons (Fsp3) is 0.417. The molecule has 1 rings (SSSR count). The van der Waals surface area contributed by atoms with E-state index in [-0.39, 0.29) is 5.91 Å².